The second-order valence-electron chi connectivity index (χ2n) is 8.83. The van der Waals surface area contributed by atoms with E-state index in [4.69, 9.17) is 15.2 Å². The zero-order chi connectivity index (χ0) is 19.0. The lowest BCUT2D eigenvalue weighted by Crippen LogP contribution is -2.61. The van der Waals surface area contributed by atoms with Gasteiger partial charge in [-0.1, -0.05) is 18.2 Å². The number of ether oxygens (including phenoxy) is 2. The van der Waals surface area contributed by atoms with Gasteiger partial charge >= 0.3 is 0 Å². The van der Waals surface area contributed by atoms with E-state index in [1.54, 1.807) is 0 Å². The first-order valence-electron chi connectivity index (χ1n) is 10.4. The Kier molecular flexibility index (Phi) is 5.17. The highest BCUT2D eigenvalue weighted by molar-refractivity contribution is 5.85. The highest BCUT2D eigenvalue weighted by Crippen LogP contribution is 2.40. The normalized spacial score (nSPS) is 33.7. The zero-order valence-corrected chi connectivity index (χ0v) is 16.5. The molecule has 5 heteroatoms. The van der Waals surface area contributed by atoms with Crippen LogP contribution in [-0.2, 0) is 9.53 Å². The molecule has 2 atom stereocenters. The second kappa shape index (κ2) is 7.44. The summed E-state index contributed by atoms with van der Waals surface area (Å²) in [4.78, 5) is 15.3. The number of hydrogen-bond donors (Lipinski definition) is 1. The molecule has 5 nitrogen and oxygen atoms in total. The molecule has 4 aliphatic rings. The average molecular weight is 373 g/mol. The minimum atomic E-state index is -0.933. The number of carbonyl (C=O) groups excluding carboxylic acids is 1. The molecule has 2 bridgehead atoms. The van der Waals surface area contributed by atoms with Crippen LogP contribution in [0, 0.1) is 0 Å². The van der Waals surface area contributed by atoms with Gasteiger partial charge in [0.25, 0.3) is 5.91 Å². The fraction of sp³-hybridized carbons (Fsp3) is 0.682. The molecule has 0 unspecified atom stereocenters. The minimum absolute atomic E-state index is 0.00708. The summed E-state index contributed by atoms with van der Waals surface area (Å²) in [6, 6.07) is 8.12. The number of piperidine rings is 1. The van der Waals surface area contributed by atoms with Gasteiger partial charge in [0.1, 0.15) is 5.75 Å². The van der Waals surface area contributed by atoms with Crippen LogP contribution >= 0.6 is 0 Å². The number of nitrogens with two attached hydrogens (primary N) is 1. The molecule has 0 radical (unpaired) electrons. The minimum Gasteiger partial charge on any atom is -0.478 e. The van der Waals surface area contributed by atoms with Gasteiger partial charge in [-0.05, 0) is 69.9 Å². The van der Waals surface area contributed by atoms with Gasteiger partial charge in [-0.3, -0.25) is 4.79 Å². The van der Waals surface area contributed by atoms with Crippen LogP contribution in [0.1, 0.15) is 63.9 Å². The molecule has 27 heavy (non-hydrogen) atoms. The van der Waals surface area contributed by atoms with E-state index in [0.717, 1.165) is 50.8 Å². The summed E-state index contributed by atoms with van der Waals surface area (Å²) in [7, 11) is 0. The summed E-state index contributed by atoms with van der Waals surface area (Å²) in [5, 5.41) is 0. The molecule has 148 valence electrons. The van der Waals surface area contributed by atoms with E-state index in [2.05, 4.69) is 12.1 Å². The van der Waals surface area contributed by atoms with Crippen molar-refractivity contribution in [3.05, 3.63) is 29.8 Å². The molecule has 1 aromatic carbocycles. The Morgan fingerprint density at radius 1 is 1.11 bits per heavy atom. The lowest BCUT2D eigenvalue weighted by atomic mass is 9.82. The fourth-order valence-corrected chi connectivity index (χ4v) is 4.90. The maximum Gasteiger partial charge on any atom is 0.266 e. The number of carbonyl (C=O) groups is 1. The number of benzene rings is 1. The number of nitrogens with zero attached hydrogens (tertiary/aromatic N) is 1. The first-order chi connectivity index (χ1) is 13.0. The summed E-state index contributed by atoms with van der Waals surface area (Å²) < 4.78 is 12.6. The van der Waals surface area contributed by atoms with Gasteiger partial charge in [0.15, 0.2) is 5.60 Å². The Balaban J connectivity index is 1.71. The van der Waals surface area contributed by atoms with E-state index in [1.807, 2.05) is 30.9 Å². The van der Waals surface area contributed by atoms with Crippen molar-refractivity contribution in [1.29, 1.82) is 0 Å². The first-order valence-corrected chi connectivity index (χ1v) is 10.4. The van der Waals surface area contributed by atoms with E-state index < -0.39 is 5.60 Å². The van der Waals surface area contributed by atoms with Crippen LogP contribution in [0.2, 0.25) is 0 Å². The van der Waals surface area contributed by atoms with Gasteiger partial charge in [0.2, 0.25) is 0 Å². The van der Waals surface area contributed by atoms with Crippen LogP contribution in [0.5, 0.6) is 5.75 Å². The van der Waals surface area contributed by atoms with Gasteiger partial charge in [0, 0.05) is 12.6 Å². The Hall–Kier alpha value is -1.59. The molecule has 1 aliphatic carbocycles. The van der Waals surface area contributed by atoms with Crippen LogP contribution in [0.25, 0.3) is 0 Å². The van der Waals surface area contributed by atoms with Crippen molar-refractivity contribution < 1.29 is 14.3 Å². The number of hydrogen-bond acceptors (Lipinski definition) is 4. The van der Waals surface area contributed by atoms with Crippen LogP contribution in [0.15, 0.2) is 24.3 Å². The molecule has 5 rings (SSSR count). The lowest BCUT2D eigenvalue weighted by Gasteiger charge is -2.43. The Morgan fingerprint density at radius 3 is 2.63 bits per heavy atom. The molecular weight excluding hydrogens is 340 g/mol. The van der Waals surface area contributed by atoms with E-state index in [1.165, 1.54) is 5.56 Å². The van der Waals surface area contributed by atoms with Gasteiger partial charge in [-0.15, -0.1) is 0 Å². The van der Waals surface area contributed by atoms with E-state index in [9.17, 15) is 4.79 Å². The van der Waals surface area contributed by atoms with Crippen LogP contribution in [-0.4, -0.2) is 47.7 Å². The largest absolute Gasteiger partial charge is 0.478 e. The molecule has 2 N–H and O–H groups in total. The van der Waals surface area contributed by atoms with Crippen LogP contribution in [0.3, 0.4) is 0 Å². The predicted molar refractivity (Wildman–Crippen MR) is 105 cm³/mol. The van der Waals surface area contributed by atoms with Crippen molar-refractivity contribution in [1.82, 2.24) is 4.90 Å². The smallest absolute Gasteiger partial charge is 0.266 e. The highest BCUT2D eigenvalue weighted by atomic mass is 16.5. The van der Waals surface area contributed by atoms with Crippen molar-refractivity contribution in [3.8, 4) is 5.75 Å². The fourth-order valence-electron chi connectivity index (χ4n) is 4.90. The topological polar surface area (TPSA) is 64.8 Å². The predicted octanol–water partition coefficient (Wildman–Crippen LogP) is 3.22. The zero-order valence-electron chi connectivity index (χ0n) is 16.5. The van der Waals surface area contributed by atoms with Crippen molar-refractivity contribution in [3.63, 3.8) is 0 Å². The second-order valence-corrected chi connectivity index (χ2v) is 8.83. The summed E-state index contributed by atoms with van der Waals surface area (Å²) in [6.07, 6.45) is 6.45. The maximum absolute atomic E-state index is 13.4. The molecule has 1 amide bonds. The van der Waals surface area contributed by atoms with Crippen molar-refractivity contribution in [2.45, 2.75) is 82.1 Å². The molecular formula is C22H32N2O3. The monoisotopic (exact) mass is 372 g/mol. The molecule has 1 saturated carbocycles. The number of rotatable bonds is 0. The lowest BCUT2D eigenvalue weighted by molar-refractivity contribution is -0.152. The Labute approximate surface area is 162 Å². The summed E-state index contributed by atoms with van der Waals surface area (Å²) in [6.45, 7) is 5.01. The third kappa shape index (κ3) is 3.72. The van der Waals surface area contributed by atoms with E-state index in [0.29, 0.717) is 12.5 Å². The third-order valence-electron chi connectivity index (χ3n) is 6.51. The van der Waals surface area contributed by atoms with Gasteiger partial charge in [-0.2, -0.15) is 0 Å². The van der Waals surface area contributed by atoms with Crippen molar-refractivity contribution in [2.75, 3.05) is 13.2 Å². The van der Waals surface area contributed by atoms with Crippen LogP contribution in [0.4, 0.5) is 0 Å². The SMILES string of the molecule is CC1(C)Oc2ccccc2C2CCC(CC2)OC[C@H]2[C@@H](N)CCCN2C1=O. The number of fused-ring (bicyclic) bond motifs is 5. The summed E-state index contributed by atoms with van der Waals surface area (Å²) in [5.41, 5.74) is 6.70. The molecule has 0 spiro atoms. The standard InChI is InChI=1S/C22H32N2O3/c1-22(2)21(25)24-13-5-7-18(23)19(24)14-26-16-11-9-15(10-12-16)17-6-3-4-8-20(17)27-22/h3-4,6,8,15-16,18-19H,5,7,9-14,23H2,1-2H3/t15?,16?,18-,19-/m0/s1. The van der Waals surface area contributed by atoms with Crippen molar-refractivity contribution in [2.24, 2.45) is 5.73 Å². The molecule has 1 saturated heterocycles. The van der Waals surface area contributed by atoms with Crippen molar-refractivity contribution >= 4 is 5.91 Å². The van der Waals surface area contributed by atoms with Gasteiger partial charge in [0.05, 0.1) is 18.8 Å². The molecule has 0 aromatic heterocycles. The number of para-hydroxylation sites is 1. The Bertz CT molecular complexity index is 682. The molecule has 3 heterocycles. The highest BCUT2D eigenvalue weighted by Gasteiger charge is 2.42. The van der Waals surface area contributed by atoms with Gasteiger partial charge < -0.3 is 20.1 Å². The maximum atomic E-state index is 13.4. The summed E-state index contributed by atoms with van der Waals surface area (Å²) in [5.74, 6) is 1.32. The molecule has 3 aliphatic heterocycles. The molecule has 2 fully saturated rings. The van der Waals surface area contributed by atoms with Gasteiger partial charge in [-0.25, -0.2) is 0 Å². The first kappa shape index (κ1) is 18.8. The third-order valence-corrected chi connectivity index (χ3v) is 6.51. The average Bonchev–Trinajstić information content (AvgIpc) is 2.67. The summed E-state index contributed by atoms with van der Waals surface area (Å²) >= 11 is 0. The Morgan fingerprint density at radius 2 is 1.85 bits per heavy atom. The molecule has 1 aromatic rings. The number of amides is 1. The van der Waals surface area contributed by atoms with E-state index >= 15 is 0 Å². The van der Waals surface area contributed by atoms with Crippen LogP contribution < -0.4 is 10.5 Å². The quantitative estimate of drug-likeness (QED) is 0.759. The van der Waals surface area contributed by atoms with E-state index in [-0.39, 0.29) is 24.1 Å².